The molecule has 0 spiro atoms. The van der Waals surface area contributed by atoms with Gasteiger partial charge < -0.3 is 9.64 Å². The van der Waals surface area contributed by atoms with Crippen LogP contribution in [0.15, 0.2) is 84.0 Å². The molecule has 4 rings (SSSR count). The summed E-state index contributed by atoms with van der Waals surface area (Å²) in [6.45, 7) is 0.275. The van der Waals surface area contributed by atoms with Crippen LogP contribution in [0.2, 0.25) is 5.02 Å². The highest BCUT2D eigenvalue weighted by atomic mass is 35.5. The zero-order chi connectivity index (χ0) is 24.8. The van der Waals surface area contributed by atoms with Gasteiger partial charge in [-0.2, -0.15) is 5.10 Å². The molecule has 0 aromatic heterocycles. The normalized spacial score (nSPS) is 15.1. The van der Waals surface area contributed by atoms with Gasteiger partial charge in [0.05, 0.1) is 28.9 Å². The van der Waals surface area contributed by atoms with E-state index in [0.29, 0.717) is 22.7 Å². The molecule has 8 heteroatoms. The van der Waals surface area contributed by atoms with Crippen LogP contribution in [0.1, 0.15) is 33.9 Å². The summed E-state index contributed by atoms with van der Waals surface area (Å²) in [5.74, 6) is -1.04. The summed E-state index contributed by atoms with van der Waals surface area (Å²) in [5, 5.41) is 6.35. The first kappa shape index (κ1) is 24.6. The first-order valence-electron chi connectivity index (χ1n) is 11.2. The van der Waals surface area contributed by atoms with E-state index in [4.69, 9.17) is 16.3 Å². The number of hydrazone groups is 1. The monoisotopic (exact) mass is 493 g/mol. The molecule has 1 atom stereocenters. The third-order valence-electron chi connectivity index (χ3n) is 5.81. The Morgan fingerprint density at radius 1 is 1.06 bits per heavy atom. The lowest BCUT2D eigenvalue weighted by Gasteiger charge is -2.27. The van der Waals surface area contributed by atoms with Crippen molar-refractivity contribution in [3.05, 3.63) is 106 Å². The summed E-state index contributed by atoms with van der Waals surface area (Å²) < 4.78 is 18.6. The lowest BCUT2D eigenvalue weighted by atomic mass is 9.98. The lowest BCUT2D eigenvalue weighted by molar-refractivity contribution is -0.133. The molecule has 0 radical (unpaired) electrons. The van der Waals surface area contributed by atoms with Gasteiger partial charge in [0, 0.05) is 20.1 Å². The molecule has 6 nitrogen and oxygen atoms in total. The third kappa shape index (κ3) is 5.75. The van der Waals surface area contributed by atoms with E-state index in [9.17, 15) is 14.0 Å². The quantitative estimate of drug-likeness (QED) is 0.446. The number of nitrogens with zero attached hydrogens (tertiary/aromatic N) is 3. The van der Waals surface area contributed by atoms with Crippen LogP contribution in [0.4, 0.5) is 4.39 Å². The fourth-order valence-electron chi connectivity index (χ4n) is 3.99. The van der Waals surface area contributed by atoms with Crippen molar-refractivity contribution in [2.24, 2.45) is 5.10 Å². The van der Waals surface area contributed by atoms with Gasteiger partial charge in [0.25, 0.3) is 11.8 Å². The fraction of sp³-hybridized carbons (Fsp3) is 0.222. The Hall–Kier alpha value is -3.55. The van der Waals surface area contributed by atoms with Gasteiger partial charge in [0.2, 0.25) is 0 Å². The average molecular weight is 494 g/mol. The van der Waals surface area contributed by atoms with Crippen molar-refractivity contribution in [2.45, 2.75) is 12.5 Å². The molecule has 3 aromatic rings. The zero-order valence-corrected chi connectivity index (χ0v) is 20.0. The molecule has 0 fully saturated rings. The van der Waals surface area contributed by atoms with Gasteiger partial charge in [-0.15, -0.1) is 0 Å². The molecule has 1 heterocycles. The van der Waals surface area contributed by atoms with Crippen molar-refractivity contribution < 1.29 is 18.7 Å². The van der Waals surface area contributed by atoms with Crippen LogP contribution in [-0.2, 0) is 9.53 Å². The Morgan fingerprint density at radius 3 is 2.43 bits per heavy atom. The number of carbonyl (C=O) groups is 2. The van der Waals surface area contributed by atoms with E-state index in [1.807, 2.05) is 30.3 Å². The first-order chi connectivity index (χ1) is 17.0. The molecule has 3 aromatic carbocycles. The predicted octanol–water partition coefficient (Wildman–Crippen LogP) is 4.95. The highest BCUT2D eigenvalue weighted by Gasteiger charge is 2.34. The number of hydrogen-bond acceptors (Lipinski definition) is 4. The molecule has 180 valence electrons. The summed E-state index contributed by atoms with van der Waals surface area (Å²) in [7, 11) is 1.53. The van der Waals surface area contributed by atoms with Gasteiger partial charge in [-0.3, -0.25) is 9.59 Å². The van der Waals surface area contributed by atoms with Crippen molar-refractivity contribution in [2.75, 3.05) is 26.8 Å². The fourth-order valence-corrected chi connectivity index (χ4v) is 4.20. The van der Waals surface area contributed by atoms with Crippen LogP contribution in [-0.4, -0.2) is 54.2 Å². The van der Waals surface area contributed by atoms with Crippen molar-refractivity contribution >= 4 is 29.1 Å². The van der Waals surface area contributed by atoms with Gasteiger partial charge in [-0.25, -0.2) is 9.40 Å². The summed E-state index contributed by atoms with van der Waals surface area (Å²) >= 11 is 6.24. The van der Waals surface area contributed by atoms with Crippen LogP contribution in [0, 0.1) is 5.82 Å². The molecule has 35 heavy (non-hydrogen) atoms. The van der Waals surface area contributed by atoms with E-state index in [-0.39, 0.29) is 43.4 Å². The first-order valence-corrected chi connectivity index (χ1v) is 11.6. The Morgan fingerprint density at radius 2 is 1.74 bits per heavy atom. The van der Waals surface area contributed by atoms with Crippen LogP contribution in [0.3, 0.4) is 0 Å². The Bertz CT molecular complexity index is 1220. The molecule has 1 aliphatic heterocycles. The molecular formula is C27H25ClFN3O3. The number of benzene rings is 3. The molecule has 1 unspecified atom stereocenters. The van der Waals surface area contributed by atoms with Gasteiger partial charge >= 0.3 is 0 Å². The average Bonchev–Trinajstić information content (AvgIpc) is 3.33. The van der Waals surface area contributed by atoms with Crippen LogP contribution < -0.4 is 0 Å². The molecular weight excluding hydrogens is 469 g/mol. The van der Waals surface area contributed by atoms with E-state index >= 15 is 0 Å². The van der Waals surface area contributed by atoms with Crippen LogP contribution in [0.25, 0.3) is 0 Å². The SMILES string of the molecule is COCCN(CC(=O)N1N=C(c2ccc(F)cc2)CC1c1ccccc1)C(=O)c1ccccc1Cl. The van der Waals surface area contributed by atoms with Gasteiger partial charge in [0.15, 0.2) is 0 Å². The molecule has 1 aliphatic rings. The molecule has 0 saturated carbocycles. The second-order valence-electron chi connectivity index (χ2n) is 8.12. The summed E-state index contributed by atoms with van der Waals surface area (Å²) in [5.41, 5.74) is 2.65. The molecule has 0 saturated heterocycles. The standard InChI is InChI=1S/C27H25ClFN3O3/c1-35-16-15-31(27(34)22-9-5-6-10-23(22)28)18-26(33)32-25(20-7-3-2-4-8-20)17-24(30-32)19-11-13-21(29)14-12-19/h2-14,25H,15-18H2,1H3. The minimum atomic E-state index is -0.362. The maximum Gasteiger partial charge on any atom is 0.262 e. The Kier molecular flexibility index (Phi) is 7.90. The minimum Gasteiger partial charge on any atom is -0.383 e. The number of methoxy groups -OCH3 is 1. The number of halogens is 2. The van der Waals surface area contributed by atoms with Crippen LogP contribution in [0.5, 0.6) is 0 Å². The van der Waals surface area contributed by atoms with Gasteiger partial charge in [0.1, 0.15) is 12.4 Å². The number of ether oxygens (including phenoxy) is 1. The van der Waals surface area contributed by atoms with Crippen molar-refractivity contribution in [1.29, 1.82) is 0 Å². The van der Waals surface area contributed by atoms with E-state index < -0.39 is 0 Å². The molecule has 0 N–H and O–H groups in total. The van der Waals surface area contributed by atoms with Crippen molar-refractivity contribution in [3.8, 4) is 0 Å². The topological polar surface area (TPSA) is 62.2 Å². The highest BCUT2D eigenvalue weighted by Crippen LogP contribution is 2.33. The van der Waals surface area contributed by atoms with E-state index in [1.54, 1.807) is 36.4 Å². The van der Waals surface area contributed by atoms with E-state index in [2.05, 4.69) is 5.10 Å². The van der Waals surface area contributed by atoms with Crippen molar-refractivity contribution in [3.63, 3.8) is 0 Å². The number of amides is 2. The summed E-state index contributed by atoms with van der Waals surface area (Å²) in [4.78, 5) is 28.2. The molecule has 0 bridgehead atoms. The minimum absolute atomic E-state index is 0.197. The number of hydrogen-bond donors (Lipinski definition) is 0. The molecule has 2 amide bonds. The van der Waals surface area contributed by atoms with E-state index in [1.165, 1.54) is 29.2 Å². The smallest absolute Gasteiger partial charge is 0.262 e. The maximum absolute atomic E-state index is 13.5. The highest BCUT2D eigenvalue weighted by molar-refractivity contribution is 6.33. The molecule has 0 aliphatic carbocycles. The predicted molar refractivity (Wildman–Crippen MR) is 133 cm³/mol. The van der Waals surface area contributed by atoms with Gasteiger partial charge in [-0.05, 0) is 35.4 Å². The zero-order valence-electron chi connectivity index (χ0n) is 19.2. The van der Waals surface area contributed by atoms with Gasteiger partial charge in [-0.1, -0.05) is 66.2 Å². The second-order valence-corrected chi connectivity index (χ2v) is 8.53. The van der Waals surface area contributed by atoms with Crippen LogP contribution >= 0.6 is 11.6 Å². The second kappa shape index (κ2) is 11.3. The lowest BCUT2D eigenvalue weighted by Crippen LogP contribution is -2.42. The van der Waals surface area contributed by atoms with Crippen molar-refractivity contribution in [1.82, 2.24) is 9.91 Å². The maximum atomic E-state index is 13.5. The number of rotatable bonds is 8. The summed E-state index contributed by atoms with van der Waals surface area (Å²) in [6, 6.07) is 22.0. The number of carbonyl (C=O) groups excluding carboxylic acids is 2. The van der Waals surface area contributed by atoms with E-state index in [0.717, 1.165) is 11.1 Å². The third-order valence-corrected chi connectivity index (χ3v) is 6.14. The Labute approximate surface area is 208 Å². The Balaban J connectivity index is 1.62. The summed E-state index contributed by atoms with van der Waals surface area (Å²) in [6.07, 6.45) is 0.470. The largest absolute Gasteiger partial charge is 0.383 e.